The molecule has 0 radical (unpaired) electrons. The molecule has 0 spiro atoms. The maximum Gasteiger partial charge on any atom is 0.304 e. The van der Waals surface area contributed by atoms with E-state index in [1.165, 1.54) is 11.1 Å². The minimum atomic E-state index is -0.743. The molecule has 0 heterocycles. The first-order valence-electron chi connectivity index (χ1n) is 6.11. The second kappa shape index (κ2) is 6.90. The molecule has 0 amide bonds. The molecular weight excluding hydrogens is 294 g/mol. The van der Waals surface area contributed by atoms with E-state index < -0.39 is 5.97 Å². The summed E-state index contributed by atoms with van der Waals surface area (Å²) in [4.78, 5) is 12.8. The van der Waals surface area contributed by atoms with Crippen molar-refractivity contribution in [3.63, 3.8) is 0 Å². The van der Waals surface area contributed by atoms with E-state index in [9.17, 15) is 4.79 Å². The maximum absolute atomic E-state index is 10.6. The van der Waals surface area contributed by atoms with E-state index in [0.717, 1.165) is 11.0 Å². The largest absolute Gasteiger partial charge is 0.481 e. The van der Waals surface area contributed by atoms with Gasteiger partial charge >= 0.3 is 5.97 Å². The molecule has 0 unspecified atom stereocenters. The number of hydrogen-bond acceptors (Lipinski definition) is 2. The van der Waals surface area contributed by atoms with E-state index in [1.54, 1.807) is 0 Å². The SMILES string of the molecule is Cc1cc(CN(CCC(=O)O)C(C)C)ccc1Br. The molecule has 0 fully saturated rings. The van der Waals surface area contributed by atoms with E-state index in [0.29, 0.717) is 12.6 Å². The van der Waals surface area contributed by atoms with E-state index in [2.05, 4.69) is 53.7 Å². The highest BCUT2D eigenvalue weighted by molar-refractivity contribution is 9.10. The van der Waals surface area contributed by atoms with Crippen molar-refractivity contribution in [3.05, 3.63) is 33.8 Å². The monoisotopic (exact) mass is 313 g/mol. The molecule has 0 aliphatic carbocycles. The summed E-state index contributed by atoms with van der Waals surface area (Å²) >= 11 is 3.48. The zero-order chi connectivity index (χ0) is 13.7. The number of hydrogen-bond donors (Lipinski definition) is 1. The summed E-state index contributed by atoms with van der Waals surface area (Å²) in [6.07, 6.45) is 0.188. The second-order valence-corrected chi connectivity index (χ2v) is 5.65. The maximum atomic E-state index is 10.6. The zero-order valence-electron chi connectivity index (χ0n) is 11.1. The highest BCUT2D eigenvalue weighted by Gasteiger charge is 2.12. The van der Waals surface area contributed by atoms with Gasteiger partial charge in [0.2, 0.25) is 0 Å². The van der Waals surface area contributed by atoms with Crippen LogP contribution in [0, 0.1) is 6.92 Å². The first kappa shape index (κ1) is 15.2. The number of nitrogens with zero attached hydrogens (tertiary/aromatic N) is 1. The number of benzene rings is 1. The topological polar surface area (TPSA) is 40.5 Å². The molecule has 0 aromatic heterocycles. The highest BCUT2D eigenvalue weighted by Crippen LogP contribution is 2.18. The predicted octanol–water partition coefficient (Wildman–Crippen LogP) is 3.44. The Kier molecular flexibility index (Phi) is 5.82. The van der Waals surface area contributed by atoms with Gasteiger partial charge in [0.25, 0.3) is 0 Å². The van der Waals surface area contributed by atoms with Gasteiger partial charge in [-0.05, 0) is 38.0 Å². The van der Waals surface area contributed by atoms with Crippen LogP contribution >= 0.6 is 15.9 Å². The van der Waals surface area contributed by atoms with E-state index in [-0.39, 0.29) is 6.42 Å². The van der Waals surface area contributed by atoms with Crippen molar-refractivity contribution in [2.24, 2.45) is 0 Å². The predicted molar refractivity (Wildman–Crippen MR) is 76.7 cm³/mol. The molecule has 4 heteroatoms. The Morgan fingerprint density at radius 1 is 1.44 bits per heavy atom. The van der Waals surface area contributed by atoms with Crippen LogP contribution in [0.15, 0.2) is 22.7 Å². The summed E-state index contributed by atoms with van der Waals surface area (Å²) in [6, 6.07) is 6.60. The van der Waals surface area contributed by atoms with E-state index in [4.69, 9.17) is 5.11 Å². The molecule has 3 nitrogen and oxygen atoms in total. The van der Waals surface area contributed by atoms with Gasteiger partial charge in [-0.15, -0.1) is 0 Å². The number of aliphatic carboxylic acids is 1. The average molecular weight is 314 g/mol. The standard InChI is InChI=1S/C14H20BrNO2/c1-10(2)16(7-6-14(17)18)9-12-4-5-13(15)11(3)8-12/h4-5,8,10H,6-7,9H2,1-3H3,(H,17,18). The highest BCUT2D eigenvalue weighted by atomic mass is 79.9. The fraction of sp³-hybridized carbons (Fsp3) is 0.500. The lowest BCUT2D eigenvalue weighted by atomic mass is 10.1. The van der Waals surface area contributed by atoms with Crippen LogP contribution < -0.4 is 0 Å². The van der Waals surface area contributed by atoms with E-state index in [1.807, 2.05) is 6.07 Å². The Hall–Kier alpha value is -0.870. The van der Waals surface area contributed by atoms with Crippen molar-refractivity contribution in [1.82, 2.24) is 4.90 Å². The molecule has 18 heavy (non-hydrogen) atoms. The number of aryl methyl sites for hydroxylation is 1. The number of rotatable bonds is 6. The van der Waals surface area contributed by atoms with Crippen LogP contribution in [0.5, 0.6) is 0 Å². The molecule has 0 aliphatic rings. The van der Waals surface area contributed by atoms with Crippen LogP contribution in [-0.4, -0.2) is 28.6 Å². The van der Waals surface area contributed by atoms with Crippen molar-refractivity contribution in [1.29, 1.82) is 0 Å². The van der Waals surface area contributed by atoms with Crippen molar-refractivity contribution in [2.75, 3.05) is 6.54 Å². The number of carboxylic acid groups (broad SMARTS) is 1. The molecule has 0 bridgehead atoms. The van der Waals surface area contributed by atoms with Gasteiger partial charge in [0.1, 0.15) is 0 Å². The van der Waals surface area contributed by atoms with Gasteiger partial charge < -0.3 is 5.11 Å². The van der Waals surface area contributed by atoms with Gasteiger partial charge in [0, 0.05) is 23.6 Å². The number of carboxylic acids is 1. The second-order valence-electron chi connectivity index (χ2n) is 4.79. The molecule has 0 atom stereocenters. The first-order valence-corrected chi connectivity index (χ1v) is 6.90. The Balaban J connectivity index is 2.70. The summed E-state index contributed by atoms with van der Waals surface area (Å²) < 4.78 is 1.10. The van der Waals surface area contributed by atoms with Gasteiger partial charge in [-0.3, -0.25) is 9.69 Å². The lowest BCUT2D eigenvalue weighted by Gasteiger charge is -2.26. The third-order valence-electron chi connectivity index (χ3n) is 2.95. The molecule has 0 aliphatic heterocycles. The zero-order valence-corrected chi connectivity index (χ0v) is 12.7. The van der Waals surface area contributed by atoms with Crippen molar-refractivity contribution >= 4 is 21.9 Å². The molecule has 1 N–H and O–H groups in total. The summed E-state index contributed by atoms with van der Waals surface area (Å²) in [5.74, 6) is -0.743. The average Bonchev–Trinajstić information content (AvgIpc) is 2.28. The van der Waals surface area contributed by atoms with Crippen molar-refractivity contribution in [3.8, 4) is 0 Å². The molecule has 0 saturated heterocycles. The fourth-order valence-electron chi connectivity index (χ4n) is 1.80. The van der Waals surface area contributed by atoms with Gasteiger partial charge in [-0.25, -0.2) is 0 Å². The van der Waals surface area contributed by atoms with Crippen molar-refractivity contribution < 1.29 is 9.90 Å². The van der Waals surface area contributed by atoms with Crippen LogP contribution in [0.4, 0.5) is 0 Å². The minimum Gasteiger partial charge on any atom is -0.481 e. The van der Waals surface area contributed by atoms with Crippen LogP contribution in [0.3, 0.4) is 0 Å². The number of halogens is 1. The smallest absolute Gasteiger partial charge is 0.304 e. The van der Waals surface area contributed by atoms with Gasteiger partial charge in [-0.2, -0.15) is 0 Å². The molecule has 1 aromatic carbocycles. The summed E-state index contributed by atoms with van der Waals surface area (Å²) in [5, 5.41) is 8.76. The van der Waals surface area contributed by atoms with Crippen LogP contribution in [0.25, 0.3) is 0 Å². The van der Waals surface area contributed by atoms with Gasteiger partial charge in [0.15, 0.2) is 0 Å². The van der Waals surface area contributed by atoms with Crippen molar-refractivity contribution in [2.45, 2.75) is 39.8 Å². The third kappa shape index (κ3) is 4.78. The quantitative estimate of drug-likeness (QED) is 0.874. The van der Waals surface area contributed by atoms with Crippen LogP contribution in [0.1, 0.15) is 31.4 Å². The summed E-state index contributed by atoms with van der Waals surface area (Å²) in [6.45, 7) is 7.62. The molecule has 1 aromatic rings. The fourth-order valence-corrected chi connectivity index (χ4v) is 2.05. The minimum absolute atomic E-state index is 0.188. The third-order valence-corrected chi connectivity index (χ3v) is 3.84. The lowest BCUT2D eigenvalue weighted by molar-refractivity contribution is -0.137. The Labute approximate surface area is 117 Å². The molecule has 1 rings (SSSR count). The molecule has 100 valence electrons. The summed E-state index contributed by atoms with van der Waals surface area (Å²) in [7, 11) is 0. The van der Waals surface area contributed by atoms with Crippen LogP contribution in [-0.2, 0) is 11.3 Å². The molecule has 0 saturated carbocycles. The van der Waals surface area contributed by atoms with Crippen LogP contribution in [0.2, 0.25) is 0 Å². The first-order chi connectivity index (χ1) is 8.40. The Morgan fingerprint density at radius 3 is 2.61 bits per heavy atom. The molecular formula is C14H20BrNO2. The normalized spacial score (nSPS) is 11.2. The lowest BCUT2D eigenvalue weighted by Crippen LogP contribution is -2.32. The van der Waals surface area contributed by atoms with Gasteiger partial charge in [-0.1, -0.05) is 28.1 Å². The van der Waals surface area contributed by atoms with E-state index >= 15 is 0 Å². The Morgan fingerprint density at radius 2 is 2.11 bits per heavy atom. The van der Waals surface area contributed by atoms with Gasteiger partial charge in [0.05, 0.1) is 6.42 Å². The Bertz CT molecular complexity index is 418. The summed E-state index contributed by atoms with van der Waals surface area (Å²) in [5.41, 5.74) is 2.42. The number of carbonyl (C=O) groups is 1.